The minimum absolute atomic E-state index is 0.0406. The molecule has 6 aliphatic heterocycles. The Kier molecular flexibility index (Phi) is 23.1. The van der Waals surface area contributed by atoms with Crippen LogP contribution in [0.5, 0.6) is 0 Å². The van der Waals surface area contributed by atoms with Gasteiger partial charge in [-0.15, -0.1) is 0 Å². The van der Waals surface area contributed by atoms with Gasteiger partial charge in [0.2, 0.25) is 0 Å². The van der Waals surface area contributed by atoms with Crippen molar-refractivity contribution in [3.8, 4) is 0 Å². The van der Waals surface area contributed by atoms with Crippen LogP contribution in [0.4, 0.5) is 0 Å². The van der Waals surface area contributed by atoms with E-state index in [2.05, 4.69) is 62.4 Å². The number of carboxylic acid groups (broad SMARTS) is 2. The van der Waals surface area contributed by atoms with Crippen LogP contribution in [0.2, 0.25) is 0 Å². The summed E-state index contributed by atoms with van der Waals surface area (Å²) in [6.45, 7) is 18.7. The lowest BCUT2D eigenvalue weighted by Crippen LogP contribution is -2.51. The first-order chi connectivity index (χ1) is 26.5. The molecule has 55 heavy (non-hydrogen) atoms. The summed E-state index contributed by atoms with van der Waals surface area (Å²) in [6.07, 6.45) is 13.0. The average molecular weight is 783 g/mol. The summed E-state index contributed by atoms with van der Waals surface area (Å²) in [5.74, 6) is -0.0720. The predicted molar refractivity (Wildman–Crippen MR) is 221 cm³/mol. The zero-order chi connectivity index (χ0) is 39.9. The Morgan fingerprint density at radius 1 is 0.455 bits per heavy atom. The fourth-order valence-electron chi connectivity index (χ4n) is 9.04. The number of nitrogens with zero attached hydrogens (tertiary/aromatic N) is 3. The number of piperazine rings is 2. The number of piperidine rings is 4. The second-order valence-corrected chi connectivity index (χ2v) is 17.5. The van der Waals surface area contributed by atoms with Crippen LogP contribution in [0.1, 0.15) is 77.0 Å². The molecule has 8 fully saturated rings. The largest absolute Gasteiger partial charge is 0.481 e. The van der Waals surface area contributed by atoms with Gasteiger partial charge in [-0.3, -0.25) is 9.59 Å². The summed E-state index contributed by atoms with van der Waals surface area (Å²) < 4.78 is 0. The van der Waals surface area contributed by atoms with Gasteiger partial charge < -0.3 is 61.7 Å². The molecule has 0 bridgehead atoms. The molecule has 2 aliphatic carbocycles. The number of likely N-dealkylation sites (N-methyl/N-ethyl adjacent to an activating group) is 1. The van der Waals surface area contributed by atoms with Crippen LogP contribution in [-0.4, -0.2) is 186 Å². The lowest BCUT2D eigenvalue weighted by molar-refractivity contribution is -0.158. The Hall–Kier alpha value is -1.46. The molecule has 322 valence electrons. The molecule has 14 heteroatoms. The first-order valence-electron chi connectivity index (χ1n) is 21.8. The molecular weight excluding hydrogens is 701 g/mol. The van der Waals surface area contributed by atoms with Crippen molar-refractivity contribution < 1.29 is 30.0 Å². The minimum Gasteiger partial charge on any atom is -0.481 e. The normalized spacial score (nSPS) is 28.2. The third-order valence-corrected chi connectivity index (χ3v) is 13.6. The predicted octanol–water partition coefficient (Wildman–Crippen LogP) is 1.04. The molecule has 0 radical (unpaired) electrons. The van der Waals surface area contributed by atoms with Gasteiger partial charge in [0.25, 0.3) is 0 Å². The lowest BCUT2D eigenvalue weighted by atomic mass is 9.55. The maximum Gasteiger partial charge on any atom is 0.307 e. The summed E-state index contributed by atoms with van der Waals surface area (Å²) in [6, 6.07) is 0. The number of hydrogen-bond acceptors (Lipinski definition) is 12. The van der Waals surface area contributed by atoms with Gasteiger partial charge in [0, 0.05) is 65.6 Å². The molecule has 2 saturated carbocycles. The Balaban J connectivity index is 0.000000181. The molecule has 2 atom stereocenters. The van der Waals surface area contributed by atoms with Crippen LogP contribution in [0.3, 0.4) is 0 Å². The van der Waals surface area contributed by atoms with Gasteiger partial charge in [-0.05, 0) is 173 Å². The highest BCUT2D eigenvalue weighted by Gasteiger charge is 2.51. The van der Waals surface area contributed by atoms with E-state index in [1.54, 1.807) is 0 Å². The number of carbonyl (C=O) groups is 2. The van der Waals surface area contributed by atoms with E-state index < -0.39 is 11.9 Å². The van der Waals surface area contributed by atoms with Gasteiger partial charge in [-0.1, -0.05) is 0 Å². The second-order valence-electron chi connectivity index (χ2n) is 17.5. The van der Waals surface area contributed by atoms with Crippen LogP contribution in [0.25, 0.3) is 0 Å². The molecule has 6 heterocycles. The van der Waals surface area contributed by atoms with Crippen LogP contribution >= 0.6 is 0 Å². The SMILES string of the molecule is C1CNCCN1.CN1CCC(CO)CC1.CN1CCC2(CCC2C(=O)O)CC1.CN1CCNCC1.O=C(O)C1CCC12CCNCC2.OCC1CCNCC1. The number of nitrogens with one attached hydrogen (secondary N) is 5. The van der Waals surface area contributed by atoms with E-state index in [0.29, 0.717) is 25.0 Å². The van der Waals surface area contributed by atoms with E-state index in [4.69, 9.17) is 20.4 Å². The number of aliphatic hydroxyl groups is 2. The van der Waals surface area contributed by atoms with E-state index in [1.807, 2.05) is 0 Å². The number of likely N-dealkylation sites (tertiary alicyclic amines) is 2. The Labute approximate surface area is 333 Å². The third-order valence-electron chi connectivity index (χ3n) is 13.6. The van der Waals surface area contributed by atoms with Gasteiger partial charge in [0.05, 0.1) is 11.8 Å². The smallest absolute Gasteiger partial charge is 0.307 e. The molecule has 9 N–H and O–H groups in total. The van der Waals surface area contributed by atoms with E-state index >= 15 is 0 Å². The van der Waals surface area contributed by atoms with Crippen molar-refractivity contribution in [2.24, 2.45) is 34.5 Å². The van der Waals surface area contributed by atoms with Gasteiger partial charge >= 0.3 is 11.9 Å². The number of rotatable bonds is 4. The summed E-state index contributed by atoms with van der Waals surface area (Å²) >= 11 is 0. The Morgan fingerprint density at radius 2 is 0.818 bits per heavy atom. The van der Waals surface area contributed by atoms with E-state index in [0.717, 1.165) is 156 Å². The van der Waals surface area contributed by atoms with Crippen molar-refractivity contribution in [2.75, 3.05) is 139 Å². The monoisotopic (exact) mass is 783 g/mol. The summed E-state index contributed by atoms with van der Waals surface area (Å²) in [4.78, 5) is 28.7. The zero-order valence-corrected chi connectivity index (χ0v) is 35.0. The number of aliphatic carboxylic acids is 2. The fraction of sp³-hybridized carbons (Fsp3) is 0.951. The van der Waals surface area contributed by atoms with Crippen LogP contribution in [0.15, 0.2) is 0 Å². The zero-order valence-electron chi connectivity index (χ0n) is 35.0. The molecule has 8 aliphatic rings. The molecule has 8 rings (SSSR count). The molecule has 2 unspecified atom stereocenters. The highest BCUT2D eigenvalue weighted by atomic mass is 16.4. The number of carboxylic acids is 2. The maximum atomic E-state index is 10.9. The van der Waals surface area contributed by atoms with Gasteiger partial charge in [-0.25, -0.2) is 0 Å². The minimum atomic E-state index is -0.580. The number of aliphatic hydroxyl groups excluding tert-OH is 2. The van der Waals surface area contributed by atoms with Crippen molar-refractivity contribution in [1.82, 2.24) is 41.3 Å². The second kappa shape index (κ2) is 26.5. The van der Waals surface area contributed by atoms with Gasteiger partial charge in [0.1, 0.15) is 0 Å². The Morgan fingerprint density at radius 3 is 1.16 bits per heavy atom. The quantitative estimate of drug-likeness (QED) is 0.197. The van der Waals surface area contributed by atoms with Crippen LogP contribution in [-0.2, 0) is 9.59 Å². The van der Waals surface area contributed by atoms with E-state index in [1.165, 1.54) is 25.9 Å². The summed E-state index contributed by atoms with van der Waals surface area (Å²) in [5.41, 5.74) is 0.357. The lowest BCUT2D eigenvalue weighted by Gasteiger charge is -2.51. The van der Waals surface area contributed by atoms with Crippen molar-refractivity contribution in [3.05, 3.63) is 0 Å². The average Bonchev–Trinajstić information content (AvgIpc) is 3.20. The molecule has 0 amide bonds. The highest BCUT2D eigenvalue weighted by Crippen LogP contribution is 2.54. The van der Waals surface area contributed by atoms with Gasteiger partial charge in [-0.2, -0.15) is 0 Å². The number of hydrogen-bond donors (Lipinski definition) is 9. The highest BCUT2D eigenvalue weighted by molar-refractivity contribution is 5.72. The van der Waals surface area contributed by atoms with Crippen molar-refractivity contribution in [3.63, 3.8) is 0 Å². The molecule has 0 aromatic heterocycles. The first kappa shape index (κ1) is 47.9. The molecule has 6 saturated heterocycles. The van der Waals surface area contributed by atoms with Crippen molar-refractivity contribution in [2.45, 2.75) is 77.0 Å². The van der Waals surface area contributed by atoms with Crippen molar-refractivity contribution >= 4 is 11.9 Å². The van der Waals surface area contributed by atoms with E-state index in [-0.39, 0.29) is 22.7 Å². The molecule has 0 aromatic carbocycles. The molecule has 2 spiro atoms. The summed E-state index contributed by atoms with van der Waals surface area (Å²) in [5, 5.41) is 51.6. The van der Waals surface area contributed by atoms with Crippen LogP contribution < -0.4 is 26.6 Å². The standard InChI is InChI=1S/C10H17NO2.C9H15NO2.C7H15NO.C6H13NO.C5H12N2.C4H10N2/c1-11-6-4-10(5-7-11)3-2-8(10)9(12)13;11-8(12)7-1-2-9(7)3-5-10-6-4-9;1-8-4-2-7(6-9)3-5-8;8-5-6-1-3-7-4-2-6;1-7-4-2-6-3-5-7;1-2-6-4-3-5-1/h8H,2-7H2,1H3,(H,12,13);7,10H,1-6H2,(H,11,12);7,9H,2-6H2,1H3;6-8H,1-5H2;6H,2-5H2,1H3;5-6H,1-4H2. The van der Waals surface area contributed by atoms with Crippen molar-refractivity contribution in [1.29, 1.82) is 0 Å². The third kappa shape index (κ3) is 17.1. The summed E-state index contributed by atoms with van der Waals surface area (Å²) in [7, 11) is 6.40. The Bertz CT molecular complexity index is 1010. The van der Waals surface area contributed by atoms with Crippen LogP contribution in [0, 0.1) is 34.5 Å². The topological polar surface area (TPSA) is 185 Å². The first-order valence-corrected chi connectivity index (χ1v) is 21.8. The maximum absolute atomic E-state index is 10.9. The molecule has 14 nitrogen and oxygen atoms in total. The fourth-order valence-corrected chi connectivity index (χ4v) is 9.04. The van der Waals surface area contributed by atoms with Gasteiger partial charge in [0.15, 0.2) is 0 Å². The molecular formula is C41H82N8O6. The van der Waals surface area contributed by atoms with E-state index in [9.17, 15) is 9.59 Å². The molecule has 0 aromatic rings.